The quantitative estimate of drug-likeness (QED) is 0.338. The molecule has 0 saturated heterocycles. The van der Waals surface area contributed by atoms with Gasteiger partial charge < -0.3 is 13.3 Å². The van der Waals surface area contributed by atoms with Crippen LogP contribution in [0.25, 0.3) is 0 Å². The third-order valence-electron chi connectivity index (χ3n) is 0.292. The third kappa shape index (κ3) is 4.31. The summed E-state index contributed by atoms with van der Waals surface area (Å²) in [5, 5.41) is 0. The van der Waals surface area contributed by atoms with E-state index < -0.39 is 20.0 Å². The second kappa shape index (κ2) is 5.31. The van der Waals surface area contributed by atoms with Crippen LogP contribution in [0, 0.1) is 0 Å². The minimum atomic E-state index is -1.16. The summed E-state index contributed by atoms with van der Waals surface area (Å²) in [7, 11) is -0.347. The second-order valence-corrected chi connectivity index (χ2v) is 3.44. The Morgan fingerprint density at radius 1 is 1.67 bits per heavy atom. The molecule has 0 aliphatic rings. The Morgan fingerprint density at radius 2 is 2.33 bits per heavy atom. The van der Waals surface area contributed by atoms with E-state index in [1.165, 1.54) is 0 Å². The van der Waals surface area contributed by atoms with E-state index in [1.807, 2.05) is 0 Å². The van der Waals surface area contributed by atoms with E-state index in [0.717, 1.165) is 0 Å². The van der Waals surface area contributed by atoms with E-state index in [0.29, 0.717) is 0 Å². The molecule has 5 heteroatoms. The molecule has 38 valence electrons. The van der Waals surface area contributed by atoms with Crippen LogP contribution in [0.5, 0.6) is 0 Å². The highest BCUT2D eigenvalue weighted by molar-refractivity contribution is 6.33. The fourth-order valence-corrected chi connectivity index (χ4v) is 1.09. The highest BCUT2D eigenvalue weighted by atomic mass is 28.3. The molecule has 0 radical (unpaired) electrons. The van der Waals surface area contributed by atoms with Crippen molar-refractivity contribution in [2.45, 2.75) is 0 Å². The predicted octanol–water partition coefficient (Wildman–Crippen LogP) is -2.36. The van der Waals surface area contributed by atoms with Crippen LogP contribution in [-0.2, 0) is 8.54 Å². The summed E-state index contributed by atoms with van der Waals surface area (Å²) in [6, 6.07) is 0. The largest absolute Gasteiger partial charge is 0.424 e. The van der Waals surface area contributed by atoms with Gasteiger partial charge in [-0.25, -0.2) is 0 Å². The average Bonchev–Trinajstić information content (AvgIpc) is 1.61. The summed E-state index contributed by atoms with van der Waals surface area (Å²) in [6.07, 6.45) is 0. The van der Waals surface area contributed by atoms with Crippen LogP contribution >= 0.6 is 0 Å². The van der Waals surface area contributed by atoms with Gasteiger partial charge in [-0.2, -0.15) is 0 Å². The zero-order valence-electron chi connectivity index (χ0n) is 3.68. The molecule has 0 atom stereocenters. The van der Waals surface area contributed by atoms with Gasteiger partial charge in [0.05, 0.1) is 0 Å². The fourth-order valence-electron chi connectivity index (χ4n) is 0.121. The van der Waals surface area contributed by atoms with Crippen molar-refractivity contribution in [3.63, 3.8) is 0 Å². The van der Waals surface area contributed by atoms with E-state index in [9.17, 15) is 0 Å². The number of hydrogen-bond acceptors (Lipinski definition) is 3. The van der Waals surface area contributed by atoms with Crippen LogP contribution in [0.2, 0.25) is 0 Å². The monoisotopic (exact) mass is 124 g/mol. The lowest BCUT2D eigenvalue weighted by Crippen LogP contribution is -2.04. The zero-order chi connectivity index (χ0) is 4.83. The minimum Gasteiger partial charge on any atom is -0.424 e. The molecule has 0 bridgehead atoms. The summed E-state index contributed by atoms with van der Waals surface area (Å²) < 4.78 is 9.17. The molecule has 0 aliphatic carbocycles. The Bertz CT molecular complexity index is 20.8. The molecule has 0 spiro atoms. The topological polar surface area (TPSA) is 38.7 Å². The van der Waals surface area contributed by atoms with E-state index in [1.54, 1.807) is 7.11 Å². The van der Waals surface area contributed by atoms with Gasteiger partial charge in [-0.15, -0.1) is 0 Å². The van der Waals surface area contributed by atoms with Crippen molar-refractivity contribution >= 4 is 20.0 Å². The summed E-state index contributed by atoms with van der Waals surface area (Å²) in [6.45, 7) is 0. The highest BCUT2D eigenvalue weighted by Crippen LogP contribution is 1.59. The van der Waals surface area contributed by atoms with Crippen LogP contribution < -0.4 is 0 Å². The first-order valence-electron chi connectivity index (χ1n) is 1.59. The maximum atomic E-state index is 8.07. The zero-order valence-corrected chi connectivity index (χ0v) is 6.51. The maximum Gasteiger partial charge on any atom is 0.295 e. The Labute approximate surface area is 41.4 Å². The molecule has 0 rings (SSSR count). The Balaban J connectivity index is 2.34. The van der Waals surface area contributed by atoms with Crippen molar-refractivity contribution in [1.29, 1.82) is 0 Å². The van der Waals surface area contributed by atoms with Gasteiger partial charge >= 0.3 is 0 Å². The van der Waals surface area contributed by atoms with Crippen LogP contribution in [0.3, 0.4) is 0 Å². The molecule has 0 aromatic carbocycles. The van der Waals surface area contributed by atoms with Gasteiger partial charge in [-0.05, 0) is 0 Å². The van der Waals surface area contributed by atoms with Crippen molar-refractivity contribution in [2.24, 2.45) is 0 Å². The van der Waals surface area contributed by atoms with Crippen molar-refractivity contribution < 1.29 is 13.3 Å². The van der Waals surface area contributed by atoms with Crippen molar-refractivity contribution in [3.8, 4) is 0 Å². The number of rotatable bonds is 3. The Hall–Kier alpha value is 0.314. The molecule has 3 nitrogen and oxygen atoms in total. The molecular formula is CH8O3Si2. The van der Waals surface area contributed by atoms with E-state index in [2.05, 4.69) is 8.54 Å². The van der Waals surface area contributed by atoms with Gasteiger partial charge in [0, 0.05) is 7.11 Å². The Morgan fingerprint density at radius 3 is 2.50 bits per heavy atom. The van der Waals surface area contributed by atoms with E-state index in [4.69, 9.17) is 4.80 Å². The predicted molar refractivity (Wildman–Crippen MR) is 27.4 cm³/mol. The van der Waals surface area contributed by atoms with Gasteiger partial charge in [0.1, 0.15) is 0 Å². The van der Waals surface area contributed by atoms with Crippen LogP contribution in [-0.4, -0.2) is 31.9 Å². The maximum absolute atomic E-state index is 8.07. The Kier molecular flexibility index (Phi) is 5.59. The lowest BCUT2D eigenvalue weighted by molar-refractivity contribution is 0.348. The van der Waals surface area contributed by atoms with E-state index in [-0.39, 0.29) is 0 Å². The first-order chi connectivity index (χ1) is 2.91. The minimum absolute atomic E-state index is 0.767. The van der Waals surface area contributed by atoms with Crippen LogP contribution in [0.15, 0.2) is 0 Å². The molecule has 0 amide bonds. The van der Waals surface area contributed by atoms with Gasteiger partial charge in [-0.1, -0.05) is 0 Å². The molecule has 0 aliphatic heterocycles. The SMILES string of the molecule is CO[SiH2]O[SiH2]O. The van der Waals surface area contributed by atoms with Gasteiger partial charge in [0.15, 0.2) is 0 Å². The van der Waals surface area contributed by atoms with Gasteiger partial charge in [0.25, 0.3) is 20.0 Å². The molecular weight excluding hydrogens is 116 g/mol. The molecule has 0 unspecified atom stereocenters. The average molecular weight is 124 g/mol. The van der Waals surface area contributed by atoms with Gasteiger partial charge in [0.2, 0.25) is 0 Å². The smallest absolute Gasteiger partial charge is 0.295 e. The van der Waals surface area contributed by atoms with E-state index >= 15 is 0 Å². The molecule has 0 heterocycles. The summed E-state index contributed by atoms with van der Waals surface area (Å²) in [5.41, 5.74) is 0. The lowest BCUT2D eigenvalue weighted by atomic mass is 11.8. The molecule has 0 saturated carbocycles. The normalized spacial score (nSPS) is 13.0. The summed E-state index contributed by atoms with van der Waals surface area (Å²) in [4.78, 5) is 8.07. The highest BCUT2D eigenvalue weighted by Gasteiger charge is 1.76. The molecule has 6 heavy (non-hydrogen) atoms. The number of hydrogen-bond donors (Lipinski definition) is 1. The molecule has 0 fully saturated rings. The van der Waals surface area contributed by atoms with Crippen LogP contribution in [0.1, 0.15) is 0 Å². The first-order valence-corrected chi connectivity index (χ1v) is 3.96. The van der Waals surface area contributed by atoms with Crippen molar-refractivity contribution in [1.82, 2.24) is 0 Å². The molecule has 0 aromatic heterocycles. The van der Waals surface area contributed by atoms with Crippen molar-refractivity contribution in [2.75, 3.05) is 7.11 Å². The lowest BCUT2D eigenvalue weighted by Gasteiger charge is -1.91. The van der Waals surface area contributed by atoms with Crippen molar-refractivity contribution in [3.05, 3.63) is 0 Å². The third-order valence-corrected chi connectivity index (χ3v) is 1.93. The summed E-state index contributed by atoms with van der Waals surface area (Å²) in [5.74, 6) is 0. The second-order valence-electron chi connectivity index (χ2n) is 0.740. The van der Waals surface area contributed by atoms with Gasteiger partial charge in [-0.3, -0.25) is 0 Å². The summed E-state index contributed by atoms with van der Waals surface area (Å²) >= 11 is 0. The molecule has 0 aromatic rings. The standard InChI is InChI=1S/CH8O3Si2/c1-3-6-4-5-2/h2H,5-6H2,1H3. The fraction of sp³-hybridized carbons (Fsp3) is 1.00. The van der Waals surface area contributed by atoms with Crippen LogP contribution in [0.4, 0.5) is 0 Å². The first kappa shape index (κ1) is 6.31. The molecule has 1 N–H and O–H groups in total.